The number of amides is 2. The minimum absolute atomic E-state index is 0.0476. The molecule has 3 heterocycles. The number of benzene rings is 1. The monoisotopic (exact) mass is 426 g/mol. The SMILES string of the molecule is CC(C)(C)C(=O)N1CCC[C@@H]1c1nc2c(c(=O)[nH]1)CN(C(=O)c1ccc(F)cc1)CC2. The van der Waals surface area contributed by atoms with Gasteiger partial charge in [-0.15, -0.1) is 0 Å². The van der Waals surface area contributed by atoms with Gasteiger partial charge in [-0.1, -0.05) is 20.8 Å². The summed E-state index contributed by atoms with van der Waals surface area (Å²) in [5.41, 5.74) is 0.757. The van der Waals surface area contributed by atoms with Gasteiger partial charge in [0, 0.05) is 30.5 Å². The molecule has 4 rings (SSSR count). The van der Waals surface area contributed by atoms with Crippen molar-refractivity contribution in [1.82, 2.24) is 19.8 Å². The number of aromatic nitrogens is 2. The number of H-pyrrole nitrogens is 1. The molecule has 2 amide bonds. The molecule has 1 saturated heterocycles. The zero-order valence-corrected chi connectivity index (χ0v) is 18.1. The third-order valence-electron chi connectivity index (χ3n) is 5.94. The molecule has 7 nitrogen and oxygen atoms in total. The standard InChI is InChI=1S/C23H27FN4O3/c1-23(2,3)22(31)28-11-4-5-18(28)19-25-17-10-12-27(13-16(17)20(29)26-19)21(30)14-6-8-15(24)9-7-14/h6-9,18H,4-5,10-13H2,1-3H3,(H,25,26,29)/t18-/m1/s1. The van der Waals surface area contributed by atoms with Crippen molar-refractivity contribution >= 4 is 11.8 Å². The van der Waals surface area contributed by atoms with Crippen molar-refractivity contribution in [2.24, 2.45) is 5.41 Å². The third kappa shape index (κ3) is 4.11. The van der Waals surface area contributed by atoms with Gasteiger partial charge in [0.1, 0.15) is 11.6 Å². The Morgan fingerprint density at radius 2 is 1.87 bits per heavy atom. The van der Waals surface area contributed by atoms with E-state index < -0.39 is 11.2 Å². The smallest absolute Gasteiger partial charge is 0.256 e. The van der Waals surface area contributed by atoms with Crippen molar-refractivity contribution in [1.29, 1.82) is 0 Å². The van der Waals surface area contributed by atoms with Gasteiger partial charge in [-0.3, -0.25) is 14.4 Å². The van der Waals surface area contributed by atoms with Gasteiger partial charge in [0.15, 0.2) is 0 Å². The fourth-order valence-corrected chi connectivity index (χ4v) is 4.28. The predicted octanol–water partition coefficient (Wildman–Crippen LogP) is 2.82. The Kier molecular flexibility index (Phi) is 5.41. The molecule has 0 saturated carbocycles. The van der Waals surface area contributed by atoms with Crippen LogP contribution >= 0.6 is 0 Å². The van der Waals surface area contributed by atoms with Crippen molar-refractivity contribution in [3.63, 3.8) is 0 Å². The number of halogens is 1. The quantitative estimate of drug-likeness (QED) is 0.800. The van der Waals surface area contributed by atoms with E-state index in [9.17, 15) is 18.8 Å². The largest absolute Gasteiger partial charge is 0.334 e. The number of fused-ring (bicyclic) bond motifs is 1. The van der Waals surface area contributed by atoms with E-state index in [2.05, 4.69) is 4.98 Å². The first-order valence-electron chi connectivity index (χ1n) is 10.6. The molecule has 8 heteroatoms. The van der Waals surface area contributed by atoms with E-state index in [4.69, 9.17) is 4.98 Å². The number of carbonyl (C=O) groups excluding carboxylic acids is 2. The molecule has 1 N–H and O–H groups in total. The van der Waals surface area contributed by atoms with E-state index >= 15 is 0 Å². The molecule has 0 aliphatic carbocycles. The first kappa shape index (κ1) is 21.2. The first-order chi connectivity index (χ1) is 14.6. The lowest BCUT2D eigenvalue weighted by molar-refractivity contribution is -0.140. The lowest BCUT2D eigenvalue weighted by Crippen LogP contribution is -2.42. The minimum atomic E-state index is -0.502. The van der Waals surface area contributed by atoms with Crippen LogP contribution in [0.25, 0.3) is 0 Å². The van der Waals surface area contributed by atoms with Gasteiger partial charge >= 0.3 is 0 Å². The van der Waals surface area contributed by atoms with Crippen LogP contribution < -0.4 is 5.56 Å². The highest BCUT2D eigenvalue weighted by atomic mass is 19.1. The first-order valence-corrected chi connectivity index (χ1v) is 10.6. The molecule has 1 aromatic heterocycles. The van der Waals surface area contributed by atoms with E-state index in [1.807, 2.05) is 25.7 Å². The lowest BCUT2D eigenvalue weighted by atomic mass is 9.94. The van der Waals surface area contributed by atoms with Gasteiger partial charge in [0.25, 0.3) is 11.5 Å². The molecule has 0 bridgehead atoms. The summed E-state index contributed by atoms with van der Waals surface area (Å²) in [5.74, 6) is -0.0740. The number of likely N-dealkylation sites (tertiary alicyclic amines) is 1. The average Bonchev–Trinajstić information content (AvgIpc) is 3.22. The normalized spacial score (nSPS) is 18.8. The van der Waals surface area contributed by atoms with Crippen molar-refractivity contribution in [3.05, 3.63) is 63.1 Å². The molecule has 1 atom stereocenters. The van der Waals surface area contributed by atoms with Crippen LogP contribution in [0.5, 0.6) is 0 Å². The fourth-order valence-electron chi connectivity index (χ4n) is 4.28. The van der Waals surface area contributed by atoms with E-state index in [1.165, 1.54) is 24.3 Å². The Morgan fingerprint density at radius 1 is 1.16 bits per heavy atom. The number of rotatable bonds is 2. The lowest BCUT2D eigenvalue weighted by Gasteiger charge is -2.31. The van der Waals surface area contributed by atoms with E-state index in [0.29, 0.717) is 42.2 Å². The molecule has 0 unspecified atom stereocenters. The molecule has 0 radical (unpaired) electrons. The van der Waals surface area contributed by atoms with Crippen molar-refractivity contribution in [2.45, 2.75) is 52.6 Å². The second-order valence-electron chi connectivity index (χ2n) is 9.27. The van der Waals surface area contributed by atoms with E-state index in [0.717, 1.165) is 12.8 Å². The molecular weight excluding hydrogens is 399 g/mol. The van der Waals surface area contributed by atoms with Crippen LogP contribution in [0.1, 0.15) is 67.1 Å². The van der Waals surface area contributed by atoms with Crippen molar-refractivity contribution in [3.8, 4) is 0 Å². The second kappa shape index (κ2) is 7.90. The van der Waals surface area contributed by atoms with Crippen molar-refractivity contribution < 1.29 is 14.0 Å². The third-order valence-corrected chi connectivity index (χ3v) is 5.94. The summed E-state index contributed by atoms with van der Waals surface area (Å²) in [6.07, 6.45) is 2.09. The van der Waals surface area contributed by atoms with Crippen LogP contribution in [0.4, 0.5) is 4.39 Å². The van der Waals surface area contributed by atoms with Gasteiger partial charge in [0.05, 0.1) is 23.8 Å². The topological polar surface area (TPSA) is 86.4 Å². The fraction of sp³-hybridized carbons (Fsp3) is 0.478. The summed E-state index contributed by atoms with van der Waals surface area (Å²) in [6, 6.07) is 5.15. The number of hydrogen-bond acceptors (Lipinski definition) is 4. The highest BCUT2D eigenvalue weighted by molar-refractivity contribution is 5.94. The molecular formula is C23H27FN4O3. The minimum Gasteiger partial charge on any atom is -0.334 e. The molecule has 1 fully saturated rings. The Balaban J connectivity index is 1.57. The average molecular weight is 426 g/mol. The molecule has 164 valence electrons. The summed E-state index contributed by atoms with van der Waals surface area (Å²) in [6.45, 7) is 6.90. The number of aromatic amines is 1. The Hall–Kier alpha value is -3.03. The summed E-state index contributed by atoms with van der Waals surface area (Å²) in [4.78, 5) is 49.4. The zero-order valence-electron chi connectivity index (χ0n) is 18.1. The van der Waals surface area contributed by atoms with Crippen LogP contribution in [0.15, 0.2) is 29.1 Å². The van der Waals surface area contributed by atoms with Gasteiger partial charge < -0.3 is 14.8 Å². The molecule has 2 aromatic rings. The molecule has 1 aromatic carbocycles. The second-order valence-corrected chi connectivity index (χ2v) is 9.27. The number of nitrogens with one attached hydrogen (secondary N) is 1. The van der Waals surface area contributed by atoms with Crippen LogP contribution in [0.3, 0.4) is 0 Å². The number of carbonyl (C=O) groups is 2. The maximum Gasteiger partial charge on any atom is 0.256 e. The van der Waals surface area contributed by atoms with Crippen LogP contribution in [-0.4, -0.2) is 44.7 Å². The van der Waals surface area contributed by atoms with Crippen LogP contribution in [0.2, 0.25) is 0 Å². The maximum absolute atomic E-state index is 13.1. The van der Waals surface area contributed by atoms with Crippen LogP contribution in [-0.2, 0) is 17.8 Å². The predicted molar refractivity (Wildman–Crippen MR) is 113 cm³/mol. The molecule has 0 spiro atoms. The molecule has 2 aliphatic heterocycles. The summed E-state index contributed by atoms with van der Waals surface area (Å²) in [5, 5.41) is 0. The Bertz CT molecular complexity index is 1070. The highest BCUT2D eigenvalue weighted by Gasteiger charge is 2.37. The summed E-state index contributed by atoms with van der Waals surface area (Å²) < 4.78 is 13.1. The summed E-state index contributed by atoms with van der Waals surface area (Å²) in [7, 11) is 0. The van der Waals surface area contributed by atoms with Gasteiger partial charge in [0.2, 0.25) is 5.91 Å². The molecule has 2 aliphatic rings. The number of hydrogen-bond donors (Lipinski definition) is 1. The number of nitrogens with zero attached hydrogens (tertiary/aromatic N) is 3. The van der Waals surface area contributed by atoms with Gasteiger partial charge in [-0.2, -0.15) is 0 Å². The zero-order chi connectivity index (χ0) is 22.3. The maximum atomic E-state index is 13.1. The van der Waals surface area contributed by atoms with Gasteiger partial charge in [-0.25, -0.2) is 9.37 Å². The highest BCUT2D eigenvalue weighted by Crippen LogP contribution is 2.34. The van der Waals surface area contributed by atoms with E-state index in [1.54, 1.807) is 4.90 Å². The van der Waals surface area contributed by atoms with Crippen molar-refractivity contribution in [2.75, 3.05) is 13.1 Å². The van der Waals surface area contributed by atoms with Gasteiger partial charge in [-0.05, 0) is 37.1 Å². The van der Waals surface area contributed by atoms with Crippen LogP contribution in [0, 0.1) is 11.2 Å². The summed E-state index contributed by atoms with van der Waals surface area (Å²) >= 11 is 0. The van der Waals surface area contributed by atoms with E-state index in [-0.39, 0.29) is 30.0 Å². The Labute approximate surface area is 180 Å². The molecule has 31 heavy (non-hydrogen) atoms. The Morgan fingerprint density at radius 3 is 2.55 bits per heavy atom.